The number of aryl methyl sites for hydroxylation is 1. The number of imidazole rings is 1. The molecule has 2 unspecified atom stereocenters. The fourth-order valence-corrected chi connectivity index (χ4v) is 2.85. The number of para-hydroxylation sites is 2. The Morgan fingerprint density at radius 2 is 2.00 bits per heavy atom. The molecular weight excluding hydrogens is 262 g/mol. The van der Waals surface area contributed by atoms with Crippen LogP contribution in [0.5, 0.6) is 0 Å². The van der Waals surface area contributed by atoms with Gasteiger partial charge >= 0.3 is 0 Å². The van der Waals surface area contributed by atoms with E-state index in [1.165, 1.54) is 5.52 Å². The molecule has 2 aromatic rings. The first-order chi connectivity index (χ1) is 10.1. The van der Waals surface area contributed by atoms with E-state index in [0.717, 1.165) is 30.7 Å². The van der Waals surface area contributed by atoms with Gasteiger partial charge in [-0.15, -0.1) is 0 Å². The molecule has 21 heavy (non-hydrogen) atoms. The third kappa shape index (κ3) is 3.11. The van der Waals surface area contributed by atoms with Crippen LogP contribution in [-0.2, 0) is 17.7 Å². The second-order valence-corrected chi connectivity index (χ2v) is 5.67. The zero-order valence-corrected chi connectivity index (χ0v) is 13.6. The number of aromatic nitrogens is 2. The molecule has 0 spiro atoms. The van der Waals surface area contributed by atoms with E-state index in [0.29, 0.717) is 6.61 Å². The standard InChI is InChI=1S/C17H27N3O/c1-5-17(4,21-7-3)15(18)12-16-19-13-10-8-9-11-14(13)20(16)6-2/h8-11,15H,5-7,12,18H2,1-4H3. The van der Waals surface area contributed by atoms with Gasteiger partial charge in [0.1, 0.15) is 5.82 Å². The summed E-state index contributed by atoms with van der Waals surface area (Å²) in [4.78, 5) is 4.76. The topological polar surface area (TPSA) is 53.1 Å². The molecule has 2 atom stereocenters. The van der Waals surface area contributed by atoms with Crippen molar-refractivity contribution in [2.45, 2.75) is 58.7 Å². The van der Waals surface area contributed by atoms with Gasteiger partial charge in [-0.3, -0.25) is 0 Å². The maximum absolute atomic E-state index is 6.45. The van der Waals surface area contributed by atoms with Gasteiger partial charge < -0.3 is 15.0 Å². The van der Waals surface area contributed by atoms with Crippen molar-refractivity contribution >= 4 is 11.0 Å². The molecule has 0 aliphatic rings. The molecule has 0 saturated heterocycles. The second-order valence-electron chi connectivity index (χ2n) is 5.67. The van der Waals surface area contributed by atoms with E-state index in [9.17, 15) is 0 Å². The quantitative estimate of drug-likeness (QED) is 0.852. The van der Waals surface area contributed by atoms with Crippen molar-refractivity contribution in [1.82, 2.24) is 9.55 Å². The highest BCUT2D eigenvalue weighted by Gasteiger charge is 2.31. The van der Waals surface area contributed by atoms with Crippen molar-refractivity contribution in [3.8, 4) is 0 Å². The van der Waals surface area contributed by atoms with Crippen LogP contribution in [0.1, 0.15) is 39.9 Å². The van der Waals surface area contributed by atoms with E-state index in [1.54, 1.807) is 0 Å². The number of rotatable bonds is 7. The average Bonchev–Trinajstić information content (AvgIpc) is 2.84. The Bertz CT molecular complexity index is 593. The van der Waals surface area contributed by atoms with E-state index in [1.807, 2.05) is 13.0 Å². The highest BCUT2D eigenvalue weighted by molar-refractivity contribution is 5.75. The lowest BCUT2D eigenvalue weighted by atomic mass is 9.91. The fourth-order valence-electron chi connectivity index (χ4n) is 2.85. The second kappa shape index (κ2) is 6.58. The summed E-state index contributed by atoms with van der Waals surface area (Å²) in [5.41, 5.74) is 8.36. The molecule has 4 nitrogen and oxygen atoms in total. The minimum Gasteiger partial charge on any atom is -0.374 e. The number of nitrogens with two attached hydrogens (primary N) is 1. The van der Waals surface area contributed by atoms with Crippen LogP contribution in [0.25, 0.3) is 11.0 Å². The molecular formula is C17H27N3O. The van der Waals surface area contributed by atoms with Crippen molar-refractivity contribution in [2.24, 2.45) is 5.73 Å². The Kier molecular flexibility index (Phi) is 5.01. The van der Waals surface area contributed by atoms with E-state index in [-0.39, 0.29) is 11.6 Å². The maximum atomic E-state index is 6.45. The summed E-state index contributed by atoms with van der Waals surface area (Å²) in [6, 6.07) is 8.18. The van der Waals surface area contributed by atoms with Crippen LogP contribution < -0.4 is 5.73 Å². The minimum absolute atomic E-state index is 0.0652. The lowest BCUT2D eigenvalue weighted by molar-refractivity contribution is -0.0466. The molecule has 0 radical (unpaired) electrons. The largest absolute Gasteiger partial charge is 0.374 e. The van der Waals surface area contributed by atoms with Crippen molar-refractivity contribution in [1.29, 1.82) is 0 Å². The van der Waals surface area contributed by atoms with E-state index in [4.69, 9.17) is 15.5 Å². The number of nitrogens with zero attached hydrogens (tertiary/aromatic N) is 2. The van der Waals surface area contributed by atoms with Crippen LogP contribution in [-0.4, -0.2) is 27.8 Å². The predicted molar refractivity (Wildman–Crippen MR) is 87.4 cm³/mol. The van der Waals surface area contributed by atoms with E-state index >= 15 is 0 Å². The number of hydrogen-bond acceptors (Lipinski definition) is 3. The van der Waals surface area contributed by atoms with Crippen LogP contribution in [0.3, 0.4) is 0 Å². The Morgan fingerprint density at radius 1 is 1.29 bits per heavy atom. The molecule has 0 aliphatic heterocycles. The Hall–Kier alpha value is -1.39. The van der Waals surface area contributed by atoms with Gasteiger partial charge in [0.15, 0.2) is 0 Å². The zero-order valence-electron chi connectivity index (χ0n) is 13.6. The normalized spacial score (nSPS) is 16.0. The zero-order chi connectivity index (χ0) is 15.5. The first-order valence-electron chi connectivity index (χ1n) is 7.89. The van der Waals surface area contributed by atoms with Gasteiger partial charge in [-0.1, -0.05) is 19.1 Å². The van der Waals surface area contributed by atoms with Crippen molar-refractivity contribution < 1.29 is 4.74 Å². The smallest absolute Gasteiger partial charge is 0.111 e. The summed E-state index contributed by atoms with van der Waals surface area (Å²) in [6.45, 7) is 9.97. The van der Waals surface area contributed by atoms with E-state index in [2.05, 4.69) is 43.5 Å². The third-order valence-corrected chi connectivity index (χ3v) is 4.41. The molecule has 4 heteroatoms. The van der Waals surface area contributed by atoms with Gasteiger partial charge in [-0.05, 0) is 39.3 Å². The third-order valence-electron chi connectivity index (χ3n) is 4.41. The Balaban J connectivity index is 2.30. The summed E-state index contributed by atoms with van der Waals surface area (Å²) >= 11 is 0. The number of hydrogen-bond donors (Lipinski definition) is 1. The van der Waals surface area contributed by atoms with Gasteiger partial charge in [-0.25, -0.2) is 4.98 Å². The van der Waals surface area contributed by atoms with Crippen molar-refractivity contribution in [2.75, 3.05) is 6.61 Å². The van der Waals surface area contributed by atoms with Gasteiger partial charge in [0, 0.05) is 25.6 Å². The summed E-state index contributed by atoms with van der Waals surface area (Å²) in [5.74, 6) is 1.05. The molecule has 0 amide bonds. The van der Waals surface area contributed by atoms with Gasteiger partial charge in [-0.2, -0.15) is 0 Å². The number of benzene rings is 1. The molecule has 2 N–H and O–H groups in total. The predicted octanol–water partition coefficient (Wildman–Crippen LogP) is 3.13. The molecule has 1 heterocycles. The highest BCUT2D eigenvalue weighted by atomic mass is 16.5. The van der Waals surface area contributed by atoms with Crippen LogP contribution in [0.2, 0.25) is 0 Å². The molecule has 1 aromatic carbocycles. The lowest BCUT2D eigenvalue weighted by Crippen LogP contribution is -2.49. The first kappa shape index (κ1) is 16.0. The summed E-state index contributed by atoms with van der Waals surface area (Å²) in [5, 5.41) is 0. The van der Waals surface area contributed by atoms with Crippen LogP contribution >= 0.6 is 0 Å². The molecule has 116 valence electrons. The average molecular weight is 289 g/mol. The van der Waals surface area contributed by atoms with Gasteiger partial charge in [0.2, 0.25) is 0 Å². The molecule has 2 rings (SSSR count). The fraction of sp³-hybridized carbons (Fsp3) is 0.588. The Labute approximate surface area is 127 Å². The Morgan fingerprint density at radius 3 is 2.62 bits per heavy atom. The van der Waals surface area contributed by atoms with E-state index < -0.39 is 0 Å². The summed E-state index contributed by atoms with van der Waals surface area (Å²) in [6.07, 6.45) is 1.63. The molecule has 1 aromatic heterocycles. The molecule has 0 bridgehead atoms. The van der Waals surface area contributed by atoms with Gasteiger partial charge in [0.05, 0.1) is 16.6 Å². The summed E-state index contributed by atoms with van der Waals surface area (Å²) in [7, 11) is 0. The molecule has 0 saturated carbocycles. The van der Waals surface area contributed by atoms with Crippen molar-refractivity contribution in [3.63, 3.8) is 0 Å². The first-order valence-corrected chi connectivity index (χ1v) is 7.89. The molecule has 0 aliphatic carbocycles. The van der Waals surface area contributed by atoms with Crippen LogP contribution in [0.15, 0.2) is 24.3 Å². The van der Waals surface area contributed by atoms with Crippen molar-refractivity contribution in [3.05, 3.63) is 30.1 Å². The SMILES string of the molecule is CCOC(C)(CC)C(N)Cc1nc2ccccc2n1CC. The minimum atomic E-state index is -0.300. The van der Waals surface area contributed by atoms with Crippen LogP contribution in [0, 0.1) is 0 Å². The monoisotopic (exact) mass is 289 g/mol. The highest BCUT2D eigenvalue weighted by Crippen LogP contribution is 2.23. The number of fused-ring (bicyclic) bond motifs is 1. The summed E-state index contributed by atoms with van der Waals surface area (Å²) < 4.78 is 8.15. The number of ether oxygens (including phenoxy) is 1. The molecule has 0 fully saturated rings. The maximum Gasteiger partial charge on any atom is 0.111 e. The lowest BCUT2D eigenvalue weighted by Gasteiger charge is -2.34. The van der Waals surface area contributed by atoms with Crippen LogP contribution in [0.4, 0.5) is 0 Å². The van der Waals surface area contributed by atoms with Gasteiger partial charge in [0.25, 0.3) is 0 Å².